The van der Waals surface area contributed by atoms with E-state index in [0.29, 0.717) is 28.4 Å². The first-order valence-corrected chi connectivity index (χ1v) is 14.8. The summed E-state index contributed by atoms with van der Waals surface area (Å²) in [6.45, 7) is 3.69. The third-order valence-electron chi connectivity index (χ3n) is 8.29. The van der Waals surface area contributed by atoms with Gasteiger partial charge in [-0.2, -0.15) is 5.26 Å². The Morgan fingerprint density at radius 1 is 1.03 bits per heavy atom. The number of pyridine rings is 1. The SMILES string of the molecule is C[C@@H](O)c1nc2cnc3c(ccn3S(=O)(=O)c3ccccc3)c2n1C1CCC(N2CCC(C#N)CC2)CC1. The fraction of sp³-hybridized carbons (Fsp3) is 0.464. The second-order valence-electron chi connectivity index (χ2n) is 10.6. The molecule has 0 radical (unpaired) electrons. The number of likely N-dealkylation sites (tertiary alicyclic amines) is 1. The molecular formula is C28H32N6O3S. The van der Waals surface area contributed by atoms with Gasteiger partial charge >= 0.3 is 0 Å². The van der Waals surface area contributed by atoms with Crippen LogP contribution in [0.25, 0.3) is 22.1 Å². The highest BCUT2D eigenvalue weighted by Gasteiger charge is 2.32. The molecule has 0 unspecified atom stereocenters. The van der Waals surface area contributed by atoms with Crippen LogP contribution in [0.5, 0.6) is 0 Å². The van der Waals surface area contributed by atoms with Crippen molar-refractivity contribution in [2.24, 2.45) is 5.92 Å². The first kappa shape index (κ1) is 25.0. The molecule has 4 aromatic rings. The van der Waals surface area contributed by atoms with E-state index in [-0.39, 0.29) is 16.9 Å². The summed E-state index contributed by atoms with van der Waals surface area (Å²) in [6.07, 6.45) is 8.27. The number of aliphatic hydroxyl groups excluding tert-OH is 1. The fourth-order valence-electron chi connectivity index (χ4n) is 6.31. The van der Waals surface area contributed by atoms with E-state index >= 15 is 0 Å². The summed E-state index contributed by atoms with van der Waals surface area (Å²) in [5.41, 5.74) is 1.84. The van der Waals surface area contributed by atoms with Crippen LogP contribution in [0, 0.1) is 17.2 Å². The number of fused-ring (bicyclic) bond motifs is 3. The van der Waals surface area contributed by atoms with Crippen molar-refractivity contribution in [3.05, 3.63) is 54.6 Å². The molecule has 38 heavy (non-hydrogen) atoms. The number of piperidine rings is 1. The lowest BCUT2D eigenvalue weighted by Crippen LogP contribution is -2.43. The van der Waals surface area contributed by atoms with Crippen LogP contribution < -0.4 is 0 Å². The molecule has 2 aliphatic rings. The largest absolute Gasteiger partial charge is 0.385 e. The van der Waals surface area contributed by atoms with Crippen molar-refractivity contribution >= 4 is 32.1 Å². The third-order valence-corrected chi connectivity index (χ3v) is 9.97. The smallest absolute Gasteiger partial charge is 0.269 e. The molecule has 1 saturated heterocycles. The summed E-state index contributed by atoms with van der Waals surface area (Å²) < 4.78 is 30.2. The molecule has 2 fully saturated rings. The van der Waals surface area contributed by atoms with Crippen molar-refractivity contribution in [2.45, 2.75) is 68.5 Å². The normalized spacial score (nSPS) is 22.6. The fourth-order valence-corrected chi connectivity index (χ4v) is 7.63. The number of hydrogen-bond donors (Lipinski definition) is 1. The van der Waals surface area contributed by atoms with Gasteiger partial charge in [-0.05, 0) is 76.7 Å². The van der Waals surface area contributed by atoms with E-state index in [9.17, 15) is 18.8 Å². The van der Waals surface area contributed by atoms with Crippen LogP contribution in [-0.2, 0) is 10.0 Å². The predicted molar refractivity (Wildman–Crippen MR) is 144 cm³/mol. The first-order chi connectivity index (χ1) is 18.4. The molecule has 1 aromatic carbocycles. The standard InChI is InChI=1S/C28H32N6O3S/c1-19(35)27-31-25-18-30-28-24(13-16-33(28)38(36,37)23-5-3-2-4-6-23)26(25)34(27)22-9-7-21(8-10-22)32-14-11-20(17-29)12-15-32/h2-6,13,16,18-22,35H,7-12,14-15H2,1H3/t19-,21?,22?/m1/s1. The van der Waals surface area contributed by atoms with Crippen molar-refractivity contribution in [2.75, 3.05) is 13.1 Å². The number of rotatable bonds is 5. The first-order valence-electron chi connectivity index (χ1n) is 13.4. The lowest BCUT2D eigenvalue weighted by atomic mass is 9.87. The lowest BCUT2D eigenvalue weighted by molar-refractivity contribution is 0.103. The number of aliphatic hydroxyl groups is 1. The van der Waals surface area contributed by atoms with Crippen molar-refractivity contribution in [3.8, 4) is 6.07 Å². The number of hydrogen-bond acceptors (Lipinski definition) is 7. The summed E-state index contributed by atoms with van der Waals surface area (Å²) in [5, 5.41) is 20.6. The minimum atomic E-state index is -3.81. The molecule has 4 heterocycles. The Kier molecular flexibility index (Phi) is 6.46. The zero-order valence-corrected chi connectivity index (χ0v) is 22.3. The Morgan fingerprint density at radius 2 is 1.71 bits per heavy atom. The molecule has 6 rings (SSSR count). The highest BCUT2D eigenvalue weighted by molar-refractivity contribution is 7.90. The van der Waals surface area contributed by atoms with Crippen LogP contribution in [0.3, 0.4) is 0 Å². The number of nitrogens with zero attached hydrogens (tertiary/aromatic N) is 6. The quantitative estimate of drug-likeness (QED) is 0.405. The maximum atomic E-state index is 13.4. The number of nitriles is 1. The van der Waals surface area contributed by atoms with Crippen molar-refractivity contribution in [1.29, 1.82) is 5.26 Å². The van der Waals surface area contributed by atoms with Crippen molar-refractivity contribution < 1.29 is 13.5 Å². The highest BCUT2D eigenvalue weighted by Crippen LogP contribution is 2.39. The number of benzene rings is 1. The molecule has 1 aliphatic heterocycles. The maximum absolute atomic E-state index is 13.4. The molecular weight excluding hydrogens is 500 g/mol. The molecule has 0 bridgehead atoms. The van der Waals surface area contributed by atoms with Crippen LogP contribution >= 0.6 is 0 Å². The molecule has 3 aromatic heterocycles. The number of imidazole rings is 1. The Balaban J connectivity index is 1.36. The Labute approximate surface area is 222 Å². The van der Waals surface area contributed by atoms with Gasteiger partial charge in [0.05, 0.1) is 22.7 Å². The van der Waals surface area contributed by atoms with Crippen LogP contribution in [-0.4, -0.2) is 56.1 Å². The van der Waals surface area contributed by atoms with E-state index < -0.39 is 16.1 Å². The van der Waals surface area contributed by atoms with Gasteiger partial charge in [-0.3, -0.25) is 0 Å². The molecule has 0 spiro atoms. The summed E-state index contributed by atoms with van der Waals surface area (Å²) in [4.78, 5) is 12.0. The molecule has 1 N–H and O–H groups in total. The lowest BCUT2D eigenvalue weighted by Gasteiger charge is -2.40. The summed E-state index contributed by atoms with van der Waals surface area (Å²) in [7, 11) is -3.81. The van der Waals surface area contributed by atoms with Crippen LogP contribution in [0.4, 0.5) is 0 Å². The second-order valence-corrected chi connectivity index (χ2v) is 12.4. The zero-order valence-electron chi connectivity index (χ0n) is 21.4. The Morgan fingerprint density at radius 3 is 2.37 bits per heavy atom. The van der Waals surface area contributed by atoms with Gasteiger partial charge in [0.15, 0.2) is 5.65 Å². The van der Waals surface area contributed by atoms with E-state index in [1.807, 2.05) is 0 Å². The van der Waals surface area contributed by atoms with Gasteiger partial charge < -0.3 is 14.6 Å². The highest BCUT2D eigenvalue weighted by atomic mass is 32.2. The van der Waals surface area contributed by atoms with Crippen molar-refractivity contribution in [3.63, 3.8) is 0 Å². The summed E-state index contributed by atoms with van der Waals surface area (Å²) in [5.74, 6) is 0.772. The minimum absolute atomic E-state index is 0.150. The zero-order chi connectivity index (χ0) is 26.4. The van der Waals surface area contributed by atoms with Gasteiger partial charge in [-0.15, -0.1) is 0 Å². The van der Waals surface area contributed by atoms with E-state index in [1.165, 1.54) is 3.97 Å². The number of aromatic nitrogens is 4. The average molecular weight is 533 g/mol. The molecule has 0 amide bonds. The predicted octanol–water partition coefficient (Wildman–Crippen LogP) is 4.40. The van der Waals surface area contributed by atoms with E-state index in [0.717, 1.165) is 57.1 Å². The van der Waals surface area contributed by atoms with Gasteiger partial charge in [0.2, 0.25) is 0 Å². The van der Waals surface area contributed by atoms with E-state index in [2.05, 4.69) is 20.5 Å². The molecule has 1 aliphatic carbocycles. The molecule has 9 nitrogen and oxygen atoms in total. The second kappa shape index (κ2) is 9.80. The van der Waals surface area contributed by atoms with E-state index in [4.69, 9.17) is 4.98 Å². The van der Waals surface area contributed by atoms with Crippen LogP contribution in [0.15, 0.2) is 53.7 Å². The van der Waals surface area contributed by atoms with Crippen molar-refractivity contribution in [1.82, 2.24) is 23.4 Å². The summed E-state index contributed by atoms with van der Waals surface area (Å²) >= 11 is 0. The molecule has 1 atom stereocenters. The molecule has 10 heteroatoms. The minimum Gasteiger partial charge on any atom is -0.385 e. The molecule has 1 saturated carbocycles. The van der Waals surface area contributed by atoms with Gasteiger partial charge in [0, 0.05) is 29.6 Å². The van der Waals surface area contributed by atoms with Gasteiger partial charge in [-0.25, -0.2) is 22.4 Å². The molecule has 198 valence electrons. The summed E-state index contributed by atoms with van der Waals surface area (Å²) in [6, 6.07) is 13.2. The Bertz CT molecular complexity index is 1600. The van der Waals surface area contributed by atoms with E-state index in [1.54, 1.807) is 55.7 Å². The van der Waals surface area contributed by atoms with Gasteiger partial charge in [0.1, 0.15) is 17.4 Å². The van der Waals surface area contributed by atoms with Crippen LogP contribution in [0.1, 0.15) is 63.4 Å². The van der Waals surface area contributed by atoms with Gasteiger partial charge in [0.25, 0.3) is 10.0 Å². The average Bonchev–Trinajstić information content (AvgIpc) is 3.56. The topological polar surface area (TPSA) is 117 Å². The maximum Gasteiger partial charge on any atom is 0.269 e. The third kappa shape index (κ3) is 4.19. The van der Waals surface area contributed by atoms with Crippen LogP contribution in [0.2, 0.25) is 0 Å². The monoisotopic (exact) mass is 532 g/mol. The Hall–Kier alpha value is -3.26. The van der Waals surface area contributed by atoms with Gasteiger partial charge in [-0.1, -0.05) is 18.2 Å².